The van der Waals surface area contributed by atoms with Crippen LogP contribution in [-0.4, -0.2) is 46.9 Å². The number of fused-ring (bicyclic) bond motifs is 1. The Kier molecular flexibility index (Phi) is 4.31. The first-order valence-electron chi connectivity index (χ1n) is 11.5. The fraction of sp³-hybridized carbons (Fsp3) is 0.458. The SMILES string of the molecule is Cc1nc(C)n(-c2cc([C@@H]3C[C@H]3c3nc4ccccc4n3C)nc(N3CCCC3C)n2)n1. The quantitative estimate of drug-likeness (QED) is 0.492. The lowest BCUT2D eigenvalue weighted by Crippen LogP contribution is -2.29. The molecule has 4 aromatic rings. The van der Waals surface area contributed by atoms with Crippen LogP contribution in [0.25, 0.3) is 16.9 Å². The first-order chi connectivity index (χ1) is 15.5. The van der Waals surface area contributed by atoms with Crippen molar-refractivity contribution in [1.29, 1.82) is 0 Å². The number of aryl methyl sites for hydroxylation is 3. The summed E-state index contributed by atoms with van der Waals surface area (Å²) in [6.45, 7) is 7.14. The van der Waals surface area contributed by atoms with Crippen LogP contribution in [0.15, 0.2) is 30.3 Å². The molecule has 1 saturated carbocycles. The van der Waals surface area contributed by atoms with Gasteiger partial charge in [-0.2, -0.15) is 9.67 Å². The fourth-order valence-corrected chi connectivity index (χ4v) is 5.14. The third-order valence-corrected chi connectivity index (χ3v) is 6.95. The van der Waals surface area contributed by atoms with Crippen molar-refractivity contribution in [3.05, 3.63) is 53.5 Å². The lowest BCUT2D eigenvalue weighted by Gasteiger charge is -2.22. The highest BCUT2D eigenvalue weighted by molar-refractivity contribution is 5.76. The zero-order valence-electron chi connectivity index (χ0n) is 19.0. The Morgan fingerprint density at radius 1 is 1.00 bits per heavy atom. The van der Waals surface area contributed by atoms with Gasteiger partial charge in [-0.25, -0.2) is 15.0 Å². The van der Waals surface area contributed by atoms with Gasteiger partial charge < -0.3 is 9.47 Å². The predicted octanol–water partition coefficient (Wildman–Crippen LogP) is 3.82. The molecule has 32 heavy (non-hydrogen) atoms. The zero-order chi connectivity index (χ0) is 22.0. The van der Waals surface area contributed by atoms with Crippen molar-refractivity contribution >= 4 is 17.0 Å². The van der Waals surface area contributed by atoms with Gasteiger partial charge >= 0.3 is 0 Å². The number of hydrogen-bond donors (Lipinski definition) is 0. The smallest absolute Gasteiger partial charge is 0.227 e. The molecule has 6 rings (SSSR count). The first-order valence-corrected chi connectivity index (χ1v) is 11.5. The van der Waals surface area contributed by atoms with Gasteiger partial charge in [0.1, 0.15) is 17.5 Å². The van der Waals surface area contributed by atoms with E-state index in [1.807, 2.05) is 24.6 Å². The molecule has 3 atom stereocenters. The van der Waals surface area contributed by atoms with Gasteiger partial charge in [-0.15, -0.1) is 5.10 Å². The van der Waals surface area contributed by atoms with Crippen molar-refractivity contribution in [2.24, 2.45) is 7.05 Å². The van der Waals surface area contributed by atoms with Crippen LogP contribution in [0.3, 0.4) is 0 Å². The molecule has 1 aliphatic carbocycles. The lowest BCUT2D eigenvalue weighted by molar-refractivity contribution is 0.703. The van der Waals surface area contributed by atoms with Crippen molar-refractivity contribution in [1.82, 2.24) is 34.3 Å². The summed E-state index contributed by atoms with van der Waals surface area (Å²) in [6.07, 6.45) is 3.41. The maximum Gasteiger partial charge on any atom is 0.227 e. The third-order valence-electron chi connectivity index (χ3n) is 6.95. The van der Waals surface area contributed by atoms with Crippen LogP contribution in [0.5, 0.6) is 0 Å². The van der Waals surface area contributed by atoms with Crippen LogP contribution >= 0.6 is 0 Å². The summed E-state index contributed by atoms with van der Waals surface area (Å²) in [6, 6.07) is 10.9. The second-order valence-electron chi connectivity index (χ2n) is 9.22. The van der Waals surface area contributed by atoms with E-state index in [9.17, 15) is 0 Å². The maximum atomic E-state index is 5.07. The predicted molar refractivity (Wildman–Crippen MR) is 123 cm³/mol. The average molecular weight is 429 g/mol. The molecule has 1 aromatic carbocycles. The summed E-state index contributed by atoms with van der Waals surface area (Å²) < 4.78 is 4.08. The summed E-state index contributed by atoms with van der Waals surface area (Å²) in [5.74, 6) is 5.06. The molecule has 0 N–H and O–H groups in total. The number of benzene rings is 1. The molecule has 8 heteroatoms. The maximum absolute atomic E-state index is 5.07. The minimum atomic E-state index is 0.342. The van der Waals surface area contributed by atoms with E-state index in [0.717, 1.165) is 53.4 Å². The van der Waals surface area contributed by atoms with Crippen LogP contribution in [0.4, 0.5) is 5.95 Å². The van der Waals surface area contributed by atoms with Crippen molar-refractivity contribution < 1.29 is 0 Å². The highest BCUT2D eigenvalue weighted by Gasteiger charge is 2.44. The summed E-state index contributed by atoms with van der Waals surface area (Å²) in [5.41, 5.74) is 3.31. The number of aromatic nitrogens is 7. The average Bonchev–Trinajstić information content (AvgIpc) is 3.17. The molecule has 0 spiro atoms. The topological polar surface area (TPSA) is 77.5 Å². The summed E-state index contributed by atoms with van der Waals surface area (Å²) in [7, 11) is 2.12. The minimum absolute atomic E-state index is 0.342. The van der Waals surface area contributed by atoms with E-state index in [-0.39, 0.29) is 0 Å². The Hall–Kier alpha value is -3.29. The molecule has 1 unspecified atom stereocenters. The Bertz CT molecular complexity index is 1320. The molecule has 1 aliphatic heterocycles. The first kappa shape index (κ1) is 19.4. The van der Waals surface area contributed by atoms with E-state index in [4.69, 9.17) is 15.0 Å². The molecule has 0 amide bonds. The van der Waals surface area contributed by atoms with Crippen molar-refractivity contribution in [2.45, 2.75) is 57.9 Å². The molecule has 3 aromatic heterocycles. The summed E-state index contributed by atoms with van der Waals surface area (Å²) in [5, 5.41) is 4.59. The van der Waals surface area contributed by atoms with Crippen molar-refractivity contribution in [2.75, 3.05) is 11.4 Å². The number of rotatable bonds is 4. The van der Waals surface area contributed by atoms with Gasteiger partial charge in [-0.05, 0) is 52.2 Å². The molecule has 164 valence electrons. The van der Waals surface area contributed by atoms with Crippen molar-refractivity contribution in [3.8, 4) is 5.82 Å². The Morgan fingerprint density at radius 3 is 2.56 bits per heavy atom. The fourth-order valence-electron chi connectivity index (χ4n) is 5.14. The van der Waals surface area contributed by atoms with E-state index in [0.29, 0.717) is 17.9 Å². The highest BCUT2D eigenvalue weighted by Crippen LogP contribution is 2.54. The van der Waals surface area contributed by atoms with Gasteiger partial charge in [0.05, 0.1) is 16.7 Å². The molecule has 0 radical (unpaired) electrons. The van der Waals surface area contributed by atoms with Gasteiger partial charge in [-0.1, -0.05) is 12.1 Å². The standard InChI is InChI=1S/C24H28N8/c1-14-8-7-11-31(14)24-27-20(13-22(28-24)32-16(3)25-15(2)29-32)17-12-18(17)23-26-19-9-5-6-10-21(19)30(23)4/h5-6,9-10,13-14,17-18H,7-8,11-12H2,1-4H3/t14?,17-,18-/m1/s1. The largest absolute Gasteiger partial charge is 0.338 e. The van der Waals surface area contributed by atoms with Gasteiger partial charge in [-0.3, -0.25) is 0 Å². The van der Waals surface area contributed by atoms with E-state index >= 15 is 0 Å². The number of hydrogen-bond acceptors (Lipinski definition) is 6. The Labute approximate surface area is 187 Å². The van der Waals surface area contributed by atoms with Crippen molar-refractivity contribution in [3.63, 3.8) is 0 Å². The second kappa shape index (κ2) is 7.12. The molecule has 8 nitrogen and oxygen atoms in total. The second-order valence-corrected chi connectivity index (χ2v) is 9.22. The van der Waals surface area contributed by atoms with Gasteiger partial charge in [0.25, 0.3) is 0 Å². The van der Waals surface area contributed by atoms with Crippen LogP contribution in [-0.2, 0) is 7.05 Å². The molecule has 2 aliphatic rings. The Balaban J connectivity index is 1.41. The van der Waals surface area contributed by atoms with E-state index < -0.39 is 0 Å². The number of anilines is 1. The van der Waals surface area contributed by atoms with Crippen LogP contribution in [0.2, 0.25) is 0 Å². The van der Waals surface area contributed by atoms with E-state index in [1.54, 1.807) is 0 Å². The van der Waals surface area contributed by atoms with Gasteiger partial charge in [0.15, 0.2) is 5.82 Å². The lowest BCUT2D eigenvalue weighted by atomic mass is 10.2. The van der Waals surface area contributed by atoms with Crippen LogP contribution in [0, 0.1) is 13.8 Å². The molecular formula is C24H28N8. The summed E-state index contributed by atoms with van der Waals surface area (Å²) in [4.78, 5) is 21.7. The van der Waals surface area contributed by atoms with Crippen LogP contribution < -0.4 is 4.90 Å². The van der Waals surface area contributed by atoms with Crippen LogP contribution in [0.1, 0.15) is 61.2 Å². The van der Waals surface area contributed by atoms with E-state index in [2.05, 4.69) is 57.8 Å². The summed E-state index contributed by atoms with van der Waals surface area (Å²) >= 11 is 0. The van der Waals surface area contributed by atoms with E-state index in [1.165, 1.54) is 18.4 Å². The number of nitrogens with zero attached hydrogens (tertiary/aromatic N) is 8. The molecular weight excluding hydrogens is 400 g/mol. The minimum Gasteiger partial charge on any atom is -0.338 e. The monoisotopic (exact) mass is 428 g/mol. The molecule has 2 fully saturated rings. The van der Waals surface area contributed by atoms with Gasteiger partial charge in [0, 0.05) is 37.5 Å². The van der Waals surface area contributed by atoms with Gasteiger partial charge in [0.2, 0.25) is 5.95 Å². The third kappa shape index (κ3) is 3.08. The zero-order valence-corrected chi connectivity index (χ0v) is 19.0. The molecule has 4 heterocycles. The number of para-hydroxylation sites is 2. The normalized spacial score (nSPS) is 22.8. The Morgan fingerprint density at radius 2 is 1.84 bits per heavy atom. The molecule has 0 bridgehead atoms. The molecule has 1 saturated heterocycles. The highest BCUT2D eigenvalue weighted by atomic mass is 15.4. The number of imidazole rings is 1.